The van der Waals surface area contributed by atoms with E-state index in [1.54, 1.807) is 12.1 Å². The molecule has 2 heterocycles. The molecule has 0 unspecified atom stereocenters. The Labute approximate surface area is 121 Å². The van der Waals surface area contributed by atoms with Gasteiger partial charge in [0.15, 0.2) is 0 Å². The molecular weight excluding hydrogens is 321 g/mol. The topological polar surface area (TPSA) is 66.4 Å². The number of carbonyl (C=O) groups excluding carboxylic acids is 1. The van der Waals surface area contributed by atoms with Crippen molar-refractivity contribution in [2.45, 2.75) is 6.92 Å². The van der Waals surface area contributed by atoms with E-state index in [9.17, 15) is 9.59 Å². The average molecular weight is 332 g/mol. The van der Waals surface area contributed by atoms with Crippen molar-refractivity contribution in [1.29, 1.82) is 0 Å². The van der Waals surface area contributed by atoms with Gasteiger partial charge in [0, 0.05) is 0 Å². The summed E-state index contributed by atoms with van der Waals surface area (Å²) < 4.78 is 1.79. The second kappa shape index (κ2) is 4.78. The Balaban J connectivity index is 2.07. The van der Waals surface area contributed by atoms with Gasteiger partial charge in [-0.25, -0.2) is 0 Å². The molecule has 2 N–H and O–H groups in total. The molecule has 1 aromatic carbocycles. The third-order valence-electron chi connectivity index (χ3n) is 3.16. The van der Waals surface area contributed by atoms with Gasteiger partial charge in [-0.2, -0.15) is 0 Å². The van der Waals surface area contributed by atoms with Crippen molar-refractivity contribution >= 4 is 43.7 Å². The number of amides is 1. The first kappa shape index (κ1) is 12.9. The van der Waals surface area contributed by atoms with Crippen LogP contribution in [0.4, 0.5) is 5.69 Å². The zero-order valence-corrected chi connectivity index (χ0v) is 12.3. The Kier molecular flexibility index (Phi) is 3.08. The fourth-order valence-corrected chi connectivity index (χ4v) is 4.23. The summed E-state index contributed by atoms with van der Waals surface area (Å²) in [5, 5.41) is 11.9. The van der Waals surface area contributed by atoms with Crippen molar-refractivity contribution in [1.82, 2.24) is 0 Å². The summed E-state index contributed by atoms with van der Waals surface area (Å²) in [5.41, 5.74) is 2.63. The molecular formula is C15H11NO3Se. The molecule has 4 nitrogen and oxygen atoms in total. The molecule has 3 rings (SSSR count). The minimum absolute atomic E-state index is 0.0292. The summed E-state index contributed by atoms with van der Waals surface area (Å²) in [5.74, 6) is -1.04. The first-order chi connectivity index (χ1) is 9.56. The van der Waals surface area contributed by atoms with E-state index < -0.39 is 5.97 Å². The molecule has 0 fully saturated rings. The fourth-order valence-electron chi connectivity index (χ4n) is 2.21. The van der Waals surface area contributed by atoms with Crippen LogP contribution in [0, 0.1) is 6.92 Å². The number of benzene rings is 1. The van der Waals surface area contributed by atoms with Crippen molar-refractivity contribution in [3.05, 3.63) is 50.3 Å². The summed E-state index contributed by atoms with van der Waals surface area (Å²) in [6.07, 6.45) is 1.81. The van der Waals surface area contributed by atoms with Crippen LogP contribution in [0.15, 0.2) is 30.3 Å². The van der Waals surface area contributed by atoms with Gasteiger partial charge in [0.25, 0.3) is 0 Å². The molecule has 1 amide bonds. The monoisotopic (exact) mass is 333 g/mol. The van der Waals surface area contributed by atoms with E-state index in [1.165, 1.54) is 0 Å². The zero-order chi connectivity index (χ0) is 14.3. The maximum atomic E-state index is 12.0. The number of carboxylic acids is 1. The summed E-state index contributed by atoms with van der Waals surface area (Å²) in [6.45, 7) is 1.83. The number of nitrogens with one attached hydrogen (secondary N) is 1. The van der Waals surface area contributed by atoms with Gasteiger partial charge >= 0.3 is 121 Å². The second-order valence-corrected chi connectivity index (χ2v) is 7.18. The van der Waals surface area contributed by atoms with Crippen LogP contribution in [0.2, 0.25) is 0 Å². The molecule has 100 valence electrons. The molecule has 0 saturated carbocycles. The minimum atomic E-state index is -0.908. The van der Waals surface area contributed by atoms with Crippen molar-refractivity contribution in [2.24, 2.45) is 0 Å². The van der Waals surface area contributed by atoms with E-state index in [4.69, 9.17) is 5.11 Å². The molecule has 1 aliphatic rings. The van der Waals surface area contributed by atoms with Crippen LogP contribution in [-0.4, -0.2) is 31.5 Å². The van der Waals surface area contributed by atoms with Gasteiger partial charge in [0.2, 0.25) is 0 Å². The van der Waals surface area contributed by atoms with Crippen LogP contribution < -0.4 is 5.32 Å². The number of aromatic carboxylic acids is 1. The molecule has 5 heteroatoms. The third-order valence-corrected chi connectivity index (χ3v) is 5.26. The van der Waals surface area contributed by atoms with Gasteiger partial charge < -0.3 is 0 Å². The van der Waals surface area contributed by atoms with E-state index in [1.807, 2.05) is 31.2 Å². The first-order valence-electron chi connectivity index (χ1n) is 6.02. The van der Waals surface area contributed by atoms with Crippen molar-refractivity contribution < 1.29 is 14.7 Å². The number of hydrogen-bond acceptors (Lipinski definition) is 2. The Bertz CT molecular complexity index is 758. The molecule has 0 spiro atoms. The molecule has 0 bridgehead atoms. The zero-order valence-electron chi connectivity index (χ0n) is 10.6. The molecule has 20 heavy (non-hydrogen) atoms. The summed E-state index contributed by atoms with van der Waals surface area (Å²) >= 11 is -0.0292. The second-order valence-electron chi connectivity index (χ2n) is 4.48. The standard InChI is InChI=1S/C15H11NO3Se/c1-8-11(15(18)19)6-9(20-8)7-12-10-4-2-3-5-13(10)16-14(12)17/h2-7H,1H3,(H,16,17)(H,18,19)/b12-7-. The molecule has 0 atom stereocenters. The predicted octanol–water partition coefficient (Wildman–Crippen LogP) is 2.24. The van der Waals surface area contributed by atoms with E-state index >= 15 is 0 Å². The van der Waals surface area contributed by atoms with Crippen LogP contribution in [-0.2, 0) is 4.79 Å². The fraction of sp³-hybridized carbons (Fsp3) is 0.0667. The molecule has 0 aliphatic carbocycles. The number of carbonyl (C=O) groups is 2. The van der Waals surface area contributed by atoms with E-state index in [0.29, 0.717) is 11.1 Å². The molecule has 0 radical (unpaired) electrons. The summed E-state index contributed by atoms with van der Waals surface area (Å²) in [6, 6.07) is 9.16. The number of hydrogen-bond donors (Lipinski definition) is 2. The van der Waals surface area contributed by atoms with Crippen molar-refractivity contribution in [2.75, 3.05) is 5.32 Å². The molecule has 1 aromatic heterocycles. The Morgan fingerprint density at radius 3 is 2.80 bits per heavy atom. The Hall–Kier alpha value is -2.10. The Morgan fingerprint density at radius 1 is 1.35 bits per heavy atom. The Morgan fingerprint density at radius 2 is 2.10 bits per heavy atom. The van der Waals surface area contributed by atoms with Crippen LogP contribution in [0.3, 0.4) is 0 Å². The van der Waals surface area contributed by atoms with Crippen LogP contribution >= 0.6 is 0 Å². The summed E-state index contributed by atoms with van der Waals surface area (Å²) in [7, 11) is 0. The van der Waals surface area contributed by atoms with Gasteiger partial charge in [0.05, 0.1) is 0 Å². The molecule has 2 aromatic rings. The number of aryl methyl sites for hydroxylation is 1. The normalized spacial score (nSPS) is 15.2. The predicted molar refractivity (Wildman–Crippen MR) is 78.0 cm³/mol. The van der Waals surface area contributed by atoms with E-state index in [-0.39, 0.29) is 20.4 Å². The van der Waals surface area contributed by atoms with Gasteiger partial charge in [-0.3, -0.25) is 0 Å². The number of rotatable bonds is 2. The number of para-hydroxylation sites is 1. The van der Waals surface area contributed by atoms with Gasteiger partial charge in [-0.1, -0.05) is 0 Å². The number of fused-ring (bicyclic) bond motifs is 1. The van der Waals surface area contributed by atoms with E-state index in [2.05, 4.69) is 5.32 Å². The number of anilines is 1. The SMILES string of the molecule is Cc1[se]c(/C=C2\C(=O)Nc3ccccc32)cc1C(=O)O. The third kappa shape index (κ3) is 2.11. The van der Waals surface area contributed by atoms with Gasteiger partial charge in [-0.15, -0.1) is 0 Å². The van der Waals surface area contributed by atoms with Gasteiger partial charge in [0.1, 0.15) is 0 Å². The average Bonchev–Trinajstić information content (AvgIpc) is 2.92. The number of carboxylic acid groups (broad SMARTS) is 1. The van der Waals surface area contributed by atoms with Crippen LogP contribution in [0.1, 0.15) is 24.8 Å². The van der Waals surface area contributed by atoms with E-state index in [0.717, 1.165) is 20.1 Å². The van der Waals surface area contributed by atoms with Crippen molar-refractivity contribution in [3.8, 4) is 0 Å². The van der Waals surface area contributed by atoms with Crippen LogP contribution in [0.25, 0.3) is 11.6 Å². The van der Waals surface area contributed by atoms with Gasteiger partial charge in [-0.05, 0) is 0 Å². The first-order valence-corrected chi connectivity index (χ1v) is 7.74. The van der Waals surface area contributed by atoms with Crippen LogP contribution in [0.5, 0.6) is 0 Å². The molecule has 0 saturated heterocycles. The van der Waals surface area contributed by atoms with Crippen molar-refractivity contribution in [3.63, 3.8) is 0 Å². The maximum absolute atomic E-state index is 12.0. The summed E-state index contributed by atoms with van der Waals surface area (Å²) in [4.78, 5) is 23.1. The quantitative estimate of drug-likeness (QED) is 0.655. The molecule has 1 aliphatic heterocycles.